The quantitative estimate of drug-likeness (QED) is 0.647. The maximum atomic E-state index is 10.5. The SMILES string of the molecule is O=C(O)c1cnc2cc[nH]c2n1. The maximum Gasteiger partial charge on any atom is 0.356 e. The number of carboxylic acids is 1. The van der Waals surface area contributed by atoms with Crippen LogP contribution in [0.4, 0.5) is 0 Å². The van der Waals surface area contributed by atoms with E-state index in [1.807, 2.05) is 0 Å². The van der Waals surface area contributed by atoms with Gasteiger partial charge in [0.05, 0.1) is 6.20 Å². The van der Waals surface area contributed by atoms with Crippen LogP contribution in [0.5, 0.6) is 0 Å². The first-order chi connectivity index (χ1) is 5.77. The smallest absolute Gasteiger partial charge is 0.356 e. The maximum absolute atomic E-state index is 10.5. The lowest BCUT2D eigenvalue weighted by molar-refractivity contribution is 0.0690. The number of hydrogen-bond donors (Lipinski definition) is 2. The Bertz CT molecular complexity index is 435. The third-order valence-corrected chi connectivity index (χ3v) is 1.48. The molecule has 2 aromatic heterocycles. The van der Waals surface area contributed by atoms with Gasteiger partial charge in [0.2, 0.25) is 0 Å². The highest BCUT2D eigenvalue weighted by Gasteiger charge is 2.06. The van der Waals surface area contributed by atoms with Gasteiger partial charge in [0.1, 0.15) is 5.52 Å². The predicted octanol–water partition coefficient (Wildman–Crippen LogP) is 0.656. The number of carboxylic acid groups (broad SMARTS) is 1. The van der Waals surface area contributed by atoms with Gasteiger partial charge in [0, 0.05) is 6.20 Å². The van der Waals surface area contributed by atoms with Crippen molar-refractivity contribution in [2.75, 3.05) is 0 Å². The van der Waals surface area contributed by atoms with Crippen LogP contribution in [-0.2, 0) is 0 Å². The number of hydrogen-bond acceptors (Lipinski definition) is 3. The summed E-state index contributed by atoms with van der Waals surface area (Å²) in [5.41, 5.74) is 1.11. The molecular formula is C7H5N3O2. The van der Waals surface area contributed by atoms with Crippen molar-refractivity contribution in [3.63, 3.8) is 0 Å². The lowest BCUT2D eigenvalue weighted by atomic mass is 10.4. The van der Waals surface area contributed by atoms with Crippen LogP contribution in [0.25, 0.3) is 11.2 Å². The number of aromatic nitrogens is 3. The Hall–Kier alpha value is -1.91. The minimum atomic E-state index is -1.07. The van der Waals surface area contributed by atoms with Crippen LogP contribution in [0.1, 0.15) is 10.5 Å². The van der Waals surface area contributed by atoms with Gasteiger partial charge in [-0.3, -0.25) is 4.98 Å². The van der Waals surface area contributed by atoms with Gasteiger partial charge in [0.15, 0.2) is 11.3 Å². The first kappa shape index (κ1) is 6.78. The number of aromatic amines is 1. The fourth-order valence-corrected chi connectivity index (χ4v) is 0.929. The van der Waals surface area contributed by atoms with Crippen molar-refractivity contribution in [1.29, 1.82) is 0 Å². The van der Waals surface area contributed by atoms with Crippen LogP contribution >= 0.6 is 0 Å². The molecule has 0 bridgehead atoms. The second-order valence-corrected chi connectivity index (χ2v) is 2.27. The molecule has 2 rings (SSSR count). The Balaban J connectivity index is 2.68. The zero-order valence-corrected chi connectivity index (χ0v) is 5.98. The molecule has 0 spiro atoms. The summed E-state index contributed by atoms with van der Waals surface area (Å²) in [6, 6.07) is 1.73. The molecule has 0 aliphatic heterocycles. The van der Waals surface area contributed by atoms with Crippen LogP contribution in [0.15, 0.2) is 18.5 Å². The molecule has 2 heterocycles. The predicted molar refractivity (Wildman–Crippen MR) is 40.8 cm³/mol. The third kappa shape index (κ3) is 0.914. The third-order valence-electron chi connectivity index (χ3n) is 1.48. The second-order valence-electron chi connectivity index (χ2n) is 2.27. The summed E-state index contributed by atoms with van der Waals surface area (Å²) in [7, 11) is 0. The first-order valence-electron chi connectivity index (χ1n) is 3.31. The van der Waals surface area contributed by atoms with Gasteiger partial charge in [-0.2, -0.15) is 0 Å². The number of rotatable bonds is 1. The zero-order chi connectivity index (χ0) is 8.55. The number of nitrogens with zero attached hydrogens (tertiary/aromatic N) is 2. The number of aromatic carboxylic acids is 1. The second kappa shape index (κ2) is 2.30. The monoisotopic (exact) mass is 163 g/mol. The fraction of sp³-hybridized carbons (Fsp3) is 0. The van der Waals surface area contributed by atoms with Gasteiger partial charge >= 0.3 is 5.97 Å². The molecular weight excluding hydrogens is 158 g/mol. The molecule has 60 valence electrons. The lowest BCUT2D eigenvalue weighted by Gasteiger charge is -1.91. The normalized spacial score (nSPS) is 10.3. The van der Waals surface area contributed by atoms with Crippen LogP contribution < -0.4 is 0 Å². The van der Waals surface area contributed by atoms with E-state index < -0.39 is 5.97 Å². The molecule has 0 saturated carbocycles. The largest absolute Gasteiger partial charge is 0.476 e. The van der Waals surface area contributed by atoms with Crippen molar-refractivity contribution in [2.45, 2.75) is 0 Å². The van der Waals surface area contributed by atoms with E-state index in [1.165, 1.54) is 6.20 Å². The average Bonchev–Trinajstić information content (AvgIpc) is 2.49. The van der Waals surface area contributed by atoms with E-state index in [2.05, 4.69) is 15.0 Å². The van der Waals surface area contributed by atoms with E-state index in [-0.39, 0.29) is 5.69 Å². The highest BCUT2D eigenvalue weighted by atomic mass is 16.4. The van der Waals surface area contributed by atoms with Crippen LogP contribution in [-0.4, -0.2) is 26.0 Å². The molecule has 5 heteroatoms. The highest BCUT2D eigenvalue weighted by Crippen LogP contribution is 2.05. The van der Waals surface area contributed by atoms with E-state index in [9.17, 15) is 4.79 Å². The molecule has 2 aromatic rings. The van der Waals surface area contributed by atoms with E-state index >= 15 is 0 Å². The van der Waals surface area contributed by atoms with Gasteiger partial charge < -0.3 is 10.1 Å². The van der Waals surface area contributed by atoms with Gasteiger partial charge in [-0.25, -0.2) is 9.78 Å². The fourth-order valence-electron chi connectivity index (χ4n) is 0.929. The van der Waals surface area contributed by atoms with E-state index in [0.717, 1.165) is 0 Å². The summed E-state index contributed by atoms with van der Waals surface area (Å²) in [5, 5.41) is 8.57. The number of fused-ring (bicyclic) bond motifs is 1. The molecule has 0 radical (unpaired) electrons. The minimum Gasteiger partial charge on any atom is -0.476 e. The molecule has 5 nitrogen and oxygen atoms in total. The van der Waals surface area contributed by atoms with Crippen molar-refractivity contribution >= 4 is 17.1 Å². The summed E-state index contributed by atoms with van der Waals surface area (Å²) < 4.78 is 0. The van der Waals surface area contributed by atoms with Crippen LogP contribution in [0.3, 0.4) is 0 Å². The molecule has 0 saturated heterocycles. The molecule has 2 N–H and O–H groups in total. The van der Waals surface area contributed by atoms with Crippen molar-refractivity contribution in [3.8, 4) is 0 Å². The van der Waals surface area contributed by atoms with Crippen molar-refractivity contribution in [2.24, 2.45) is 0 Å². The molecule has 0 unspecified atom stereocenters. The Morgan fingerprint density at radius 1 is 1.58 bits per heavy atom. The molecule has 0 fully saturated rings. The van der Waals surface area contributed by atoms with Gasteiger partial charge in [-0.05, 0) is 6.07 Å². The molecule has 0 aromatic carbocycles. The molecule has 0 aliphatic rings. The Labute approximate surface area is 67.1 Å². The molecule has 0 aliphatic carbocycles. The number of nitrogens with one attached hydrogen (secondary N) is 1. The van der Waals surface area contributed by atoms with Crippen molar-refractivity contribution in [1.82, 2.24) is 15.0 Å². The van der Waals surface area contributed by atoms with Crippen molar-refractivity contribution < 1.29 is 9.90 Å². The van der Waals surface area contributed by atoms with Gasteiger partial charge in [-0.1, -0.05) is 0 Å². The summed E-state index contributed by atoms with van der Waals surface area (Å²) in [5.74, 6) is -1.07. The van der Waals surface area contributed by atoms with Crippen molar-refractivity contribution in [3.05, 3.63) is 24.2 Å². The highest BCUT2D eigenvalue weighted by molar-refractivity contribution is 5.87. The summed E-state index contributed by atoms with van der Waals surface area (Å²) in [6.07, 6.45) is 2.90. The molecule has 0 amide bonds. The Morgan fingerprint density at radius 2 is 2.42 bits per heavy atom. The molecule has 0 atom stereocenters. The van der Waals surface area contributed by atoms with E-state index in [4.69, 9.17) is 5.11 Å². The molecule has 12 heavy (non-hydrogen) atoms. The Kier molecular flexibility index (Phi) is 1.30. The summed E-state index contributed by atoms with van der Waals surface area (Å²) in [4.78, 5) is 20.9. The van der Waals surface area contributed by atoms with E-state index in [1.54, 1.807) is 12.3 Å². The summed E-state index contributed by atoms with van der Waals surface area (Å²) >= 11 is 0. The van der Waals surface area contributed by atoms with E-state index in [0.29, 0.717) is 11.2 Å². The summed E-state index contributed by atoms with van der Waals surface area (Å²) in [6.45, 7) is 0. The van der Waals surface area contributed by atoms with Crippen LogP contribution in [0, 0.1) is 0 Å². The standard InChI is InChI=1S/C7H5N3O2/c11-7(12)5-3-9-4-1-2-8-6(4)10-5/h1-3H,(H,8,10)(H,11,12). The van der Waals surface area contributed by atoms with Gasteiger partial charge in [0.25, 0.3) is 0 Å². The first-order valence-corrected chi connectivity index (χ1v) is 3.31. The van der Waals surface area contributed by atoms with Gasteiger partial charge in [-0.15, -0.1) is 0 Å². The lowest BCUT2D eigenvalue weighted by Crippen LogP contribution is -2.00. The minimum absolute atomic E-state index is 0.0510. The Morgan fingerprint density at radius 3 is 3.17 bits per heavy atom. The average molecular weight is 163 g/mol. The van der Waals surface area contributed by atoms with Crippen LogP contribution in [0.2, 0.25) is 0 Å². The zero-order valence-electron chi connectivity index (χ0n) is 5.98. The number of H-pyrrole nitrogens is 1. The number of carbonyl (C=O) groups is 1. The topological polar surface area (TPSA) is 78.9 Å².